The lowest BCUT2D eigenvalue weighted by Gasteiger charge is -2.32. The fourth-order valence-corrected chi connectivity index (χ4v) is 3.39. The van der Waals surface area contributed by atoms with Crippen molar-refractivity contribution in [3.05, 3.63) is 60.2 Å². The summed E-state index contributed by atoms with van der Waals surface area (Å²) < 4.78 is 12.3. The molecule has 0 amide bonds. The van der Waals surface area contributed by atoms with Gasteiger partial charge in [-0.1, -0.05) is 42.5 Å². The van der Waals surface area contributed by atoms with Crippen molar-refractivity contribution in [3.63, 3.8) is 0 Å². The lowest BCUT2D eigenvalue weighted by molar-refractivity contribution is 0.00578. The molecule has 3 rings (SSSR count). The number of hydrogen-bond donors (Lipinski definition) is 0. The first-order valence-electron chi connectivity index (χ1n) is 8.00. The Kier molecular flexibility index (Phi) is 4.59. The van der Waals surface area contributed by atoms with Crippen molar-refractivity contribution in [1.29, 1.82) is 0 Å². The van der Waals surface area contributed by atoms with Crippen LogP contribution in [0.5, 0.6) is 0 Å². The van der Waals surface area contributed by atoms with Crippen molar-refractivity contribution in [1.82, 2.24) is 0 Å². The molecule has 0 N–H and O–H groups in total. The number of benzene rings is 2. The molecule has 0 atom stereocenters. The average molecular weight is 326 g/mol. The first kappa shape index (κ1) is 16.6. The van der Waals surface area contributed by atoms with Crippen LogP contribution in [0.3, 0.4) is 0 Å². The second-order valence-corrected chi connectivity index (χ2v) is 7.98. The Morgan fingerprint density at radius 3 is 2.17 bits per heavy atom. The summed E-state index contributed by atoms with van der Waals surface area (Å²) in [4.78, 5) is 1.24. The number of rotatable bonds is 4. The lowest BCUT2D eigenvalue weighted by atomic mass is 9.79. The Morgan fingerprint density at radius 2 is 1.52 bits per heavy atom. The van der Waals surface area contributed by atoms with Crippen molar-refractivity contribution < 1.29 is 9.31 Å². The molecule has 2 aromatic carbocycles. The molecule has 1 fully saturated rings. The van der Waals surface area contributed by atoms with E-state index in [4.69, 9.17) is 9.31 Å². The van der Waals surface area contributed by atoms with Crippen molar-refractivity contribution in [2.75, 3.05) is 0 Å². The van der Waals surface area contributed by atoms with Gasteiger partial charge in [0.2, 0.25) is 0 Å². The van der Waals surface area contributed by atoms with Gasteiger partial charge in [-0.3, -0.25) is 0 Å². The summed E-state index contributed by atoms with van der Waals surface area (Å²) in [7, 11) is -0.294. The molecule has 0 spiro atoms. The minimum Gasteiger partial charge on any atom is -0.399 e. The van der Waals surface area contributed by atoms with Gasteiger partial charge in [0.25, 0.3) is 0 Å². The monoisotopic (exact) mass is 326 g/mol. The molecule has 1 heterocycles. The van der Waals surface area contributed by atoms with Gasteiger partial charge in [-0.05, 0) is 50.9 Å². The van der Waals surface area contributed by atoms with Gasteiger partial charge in [0.05, 0.1) is 11.2 Å². The zero-order valence-electron chi connectivity index (χ0n) is 14.2. The van der Waals surface area contributed by atoms with Crippen LogP contribution in [0, 0.1) is 0 Å². The van der Waals surface area contributed by atoms with E-state index in [-0.39, 0.29) is 18.3 Å². The van der Waals surface area contributed by atoms with Gasteiger partial charge in [0.1, 0.15) is 0 Å². The molecule has 2 nitrogen and oxygen atoms in total. The van der Waals surface area contributed by atoms with Gasteiger partial charge in [0, 0.05) is 10.6 Å². The number of hydrogen-bond acceptors (Lipinski definition) is 3. The highest BCUT2D eigenvalue weighted by molar-refractivity contribution is 7.98. The van der Waals surface area contributed by atoms with Crippen LogP contribution in [-0.4, -0.2) is 18.3 Å². The maximum atomic E-state index is 6.14. The van der Waals surface area contributed by atoms with Gasteiger partial charge < -0.3 is 9.31 Å². The Morgan fingerprint density at radius 1 is 0.870 bits per heavy atom. The standard InChI is InChI=1S/C19H23BO2S/c1-18(2)19(3,4)22-20(21-18)16-11-8-12-17(13-16)23-14-15-9-6-5-7-10-15/h5-13H,14H2,1-4H3. The first-order valence-corrected chi connectivity index (χ1v) is 8.98. The molecule has 0 saturated carbocycles. The molecular weight excluding hydrogens is 303 g/mol. The zero-order valence-corrected chi connectivity index (χ0v) is 15.0. The summed E-state index contributed by atoms with van der Waals surface area (Å²) in [6.07, 6.45) is 0. The van der Waals surface area contributed by atoms with E-state index in [0.29, 0.717) is 0 Å². The summed E-state index contributed by atoms with van der Waals surface area (Å²) in [5.41, 5.74) is 1.82. The molecule has 0 unspecified atom stereocenters. The average Bonchev–Trinajstić information content (AvgIpc) is 2.75. The smallest absolute Gasteiger partial charge is 0.399 e. The van der Waals surface area contributed by atoms with Gasteiger partial charge in [0.15, 0.2) is 0 Å². The second-order valence-electron chi connectivity index (χ2n) is 6.94. The van der Waals surface area contributed by atoms with Crippen LogP contribution in [-0.2, 0) is 15.1 Å². The van der Waals surface area contributed by atoms with E-state index < -0.39 is 0 Å². The zero-order chi connectivity index (χ0) is 16.5. The largest absolute Gasteiger partial charge is 0.494 e. The van der Waals surface area contributed by atoms with E-state index in [1.165, 1.54) is 10.5 Å². The number of thioether (sulfide) groups is 1. The molecule has 1 aliphatic rings. The van der Waals surface area contributed by atoms with Gasteiger partial charge in [-0.2, -0.15) is 0 Å². The van der Waals surface area contributed by atoms with Crippen LogP contribution in [0.4, 0.5) is 0 Å². The van der Waals surface area contributed by atoms with Crippen LogP contribution >= 0.6 is 11.8 Å². The Labute approximate surface area is 143 Å². The highest BCUT2D eigenvalue weighted by Gasteiger charge is 2.51. The predicted molar refractivity (Wildman–Crippen MR) is 98.2 cm³/mol. The molecule has 4 heteroatoms. The van der Waals surface area contributed by atoms with Gasteiger partial charge in [-0.25, -0.2) is 0 Å². The maximum Gasteiger partial charge on any atom is 0.494 e. The normalized spacial score (nSPS) is 19.0. The quantitative estimate of drug-likeness (QED) is 0.617. The van der Waals surface area contributed by atoms with Crippen LogP contribution in [0.2, 0.25) is 0 Å². The highest BCUT2D eigenvalue weighted by atomic mass is 32.2. The summed E-state index contributed by atoms with van der Waals surface area (Å²) in [6.45, 7) is 8.34. The molecule has 0 aliphatic carbocycles. The molecule has 2 aromatic rings. The molecule has 0 radical (unpaired) electrons. The van der Waals surface area contributed by atoms with Crippen LogP contribution in [0.15, 0.2) is 59.5 Å². The van der Waals surface area contributed by atoms with E-state index in [1.54, 1.807) is 0 Å². The van der Waals surface area contributed by atoms with Crippen LogP contribution < -0.4 is 5.46 Å². The SMILES string of the molecule is CC1(C)OB(c2cccc(SCc3ccccc3)c2)OC1(C)C. The minimum atomic E-state index is -0.301. The maximum absolute atomic E-state index is 6.14. The molecule has 0 aromatic heterocycles. The van der Waals surface area contributed by atoms with Crippen LogP contribution in [0.1, 0.15) is 33.3 Å². The van der Waals surface area contributed by atoms with E-state index in [2.05, 4.69) is 76.2 Å². The fourth-order valence-electron chi connectivity index (χ4n) is 2.47. The Balaban J connectivity index is 1.71. The van der Waals surface area contributed by atoms with E-state index in [0.717, 1.165) is 11.2 Å². The predicted octanol–water partition coefficient (Wildman–Crippen LogP) is 4.28. The third kappa shape index (κ3) is 3.65. The van der Waals surface area contributed by atoms with Crippen molar-refractivity contribution in [2.45, 2.75) is 49.5 Å². The molecule has 1 aliphatic heterocycles. The molecule has 1 saturated heterocycles. The van der Waals surface area contributed by atoms with Crippen LogP contribution in [0.25, 0.3) is 0 Å². The summed E-state index contributed by atoms with van der Waals surface area (Å²) in [6, 6.07) is 19.0. The molecule has 23 heavy (non-hydrogen) atoms. The van der Waals surface area contributed by atoms with Crippen molar-refractivity contribution in [3.8, 4) is 0 Å². The summed E-state index contributed by atoms with van der Waals surface area (Å²) in [5, 5.41) is 0. The lowest BCUT2D eigenvalue weighted by Crippen LogP contribution is -2.41. The van der Waals surface area contributed by atoms with E-state index >= 15 is 0 Å². The summed E-state index contributed by atoms with van der Waals surface area (Å²) in [5.74, 6) is 0.966. The van der Waals surface area contributed by atoms with E-state index in [1.807, 2.05) is 17.8 Å². The third-order valence-electron chi connectivity index (χ3n) is 4.63. The molecule has 0 bridgehead atoms. The minimum absolute atomic E-state index is 0.294. The van der Waals surface area contributed by atoms with Gasteiger partial charge in [-0.15, -0.1) is 11.8 Å². The van der Waals surface area contributed by atoms with E-state index in [9.17, 15) is 0 Å². The highest BCUT2D eigenvalue weighted by Crippen LogP contribution is 2.36. The summed E-state index contributed by atoms with van der Waals surface area (Å²) >= 11 is 1.84. The Bertz CT molecular complexity index is 654. The topological polar surface area (TPSA) is 18.5 Å². The van der Waals surface area contributed by atoms with Gasteiger partial charge >= 0.3 is 7.12 Å². The molecule has 120 valence electrons. The second kappa shape index (κ2) is 6.35. The fraction of sp³-hybridized carbons (Fsp3) is 0.368. The Hall–Kier alpha value is -1.23. The van der Waals surface area contributed by atoms with Crippen molar-refractivity contribution >= 4 is 24.3 Å². The first-order chi connectivity index (χ1) is 10.9. The third-order valence-corrected chi connectivity index (χ3v) is 5.70. The van der Waals surface area contributed by atoms with Crippen molar-refractivity contribution in [2.24, 2.45) is 0 Å². The molecular formula is C19H23BO2S.